The number of nitrogens with two attached hydrogens (primary N) is 1. The summed E-state index contributed by atoms with van der Waals surface area (Å²) in [6.45, 7) is 4.73. The average Bonchev–Trinajstić information content (AvgIpc) is 2.66. The highest BCUT2D eigenvalue weighted by Gasteiger charge is 2.17. The van der Waals surface area contributed by atoms with Gasteiger partial charge in [0.15, 0.2) is 0 Å². The predicted molar refractivity (Wildman–Crippen MR) is 74.4 cm³/mol. The number of sulfonamides is 1. The van der Waals surface area contributed by atoms with Crippen LogP contribution in [0.15, 0.2) is 29.3 Å². The fourth-order valence-electron chi connectivity index (χ4n) is 2.04. The molecule has 0 amide bonds. The number of benzene rings is 1. The van der Waals surface area contributed by atoms with Crippen molar-refractivity contribution in [2.24, 2.45) is 5.14 Å². The molecule has 0 aliphatic carbocycles. The lowest BCUT2D eigenvalue weighted by molar-refractivity contribution is 0.0733. The van der Waals surface area contributed by atoms with Crippen LogP contribution in [-0.2, 0) is 21.3 Å². The van der Waals surface area contributed by atoms with Gasteiger partial charge in [0.25, 0.3) is 0 Å². The lowest BCUT2D eigenvalue weighted by Gasteiger charge is -2.09. The van der Waals surface area contributed by atoms with Crippen LogP contribution in [0.3, 0.4) is 0 Å². The van der Waals surface area contributed by atoms with Gasteiger partial charge in [-0.3, -0.25) is 0 Å². The van der Waals surface area contributed by atoms with Crippen LogP contribution in [0, 0.1) is 5.82 Å². The minimum Gasteiger partial charge on any atom is -0.377 e. The van der Waals surface area contributed by atoms with Crippen LogP contribution in [0.4, 0.5) is 4.39 Å². The maximum atomic E-state index is 13.3. The van der Waals surface area contributed by atoms with Crippen LogP contribution in [0.2, 0.25) is 0 Å². The zero-order valence-corrected chi connectivity index (χ0v) is 12.2. The molecule has 0 fully saturated rings. The molecule has 1 aromatic carbocycles. The van der Waals surface area contributed by atoms with Gasteiger partial charge in [0.05, 0.1) is 12.7 Å². The molecule has 2 N–H and O–H groups in total. The number of hydrogen-bond donors (Lipinski definition) is 1. The fraction of sp³-hybridized carbons (Fsp3) is 0.385. The molecule has 7 heteroatoms. The van der Waals surface area contributed by atoms with E-state index in [0.29, 0.717) is 18.7 Å². The first-order valence-corrected chi connectivity index (χ1v) is 7.76. The largest absolute Gasteiger partial charge is 0.377 e. The molecule has 1 aromatic heterocycles. The topological polar surface area (TPSA) is 74.3 Å². The van der Waals surface area contributed by atoms with Gasteiger partial charge in [-0.25, -0.2) is 17.9 Å². The maximum absolute atomic E-state index is 13.3. The van der Waals surface area contributed by atoms with E-state index in [-0.39, 0.29) is 16.4 Å². The van der Waals surface area contributed by atoms with Gasteiger partial charge >= 0.3 is 0 Å². The molecule has 1 heterocycles. The Hall–Kier alpha value is -1.44. The standard InChI is InChI=1S/C13H17FN2O3S/c1-9(2)19-6-5-16-8-13(20(15,17)18)11-7-10(14)3-4-12(11)16/h3-4,7-9H,5-6H2,1-2H3,(H2,15,17,18). The molecule has 0 radical (unpaired) electrons. The minimum absolute atomic E-state index is 0.0726. The van der Waals surface area contributed by atoms with Gasteiger partial charge in [-0.1, -0.05) is 0 Å². The fourth-order valence-corrected chi connectivity index (χ4v) is 2.78. The van der Waals surface area contributed by atoms with E-state index in [4.69, 9.17) is 9.88 Å². The molecular formula is C13H17FN2O3S. The number of halogens is 1. The first-order chi connectivity index (χ1) is 9.29. The van der Waals surface area contributed by atoms with Gasteiger partial charge in [0, 0.05) is 23.6 Å². The Balaban J connectivity index is 2.45. The lowest BCUT2D eigenvalue weighted by atomic mass is 10.2. The number of fused-ring (bicyclic) bond motifs is 1. The molecule has 5 nitrogen and oxygen atoms in total. The number of ether oxygens (including phenoxy) is 1. The van der Waals surface area contributed by atoms with E-state index in [1.807, 2.05) is 13.8 Å². The van der Waals surface area contributed by atoms with Crippen LogP contribution in [0.1, 0.15) is 13.8 Å². The van der Waals surface area contributed by atoms with E-state index in [1.54, 1.807) is 4.57 Å². The van der Waals surface area contributed by atoms with Gasteiger partial charge in [-0.05, 0) is 32.0 Å². The third-order valence-corrected chi connectivity index (χ3v) is 3.83. The summed E-state index contributed by atoms with van der Waals surface area (Å²) in [7, 11) is -3.90. The number of aromatic nitrogens is 1. The quantitative estimate of drug-likeness (QED) is 0.915. The van der Waals surface area contributed by atoms with Gasteiger partial charge in [0.2, 0.25) is 10.0 Å². The van der Waals surface area contributed by atoms with Crippen molar-refractivity contribution in [3.05, 3.63) is 30.2 Å². The first-order valence-electron chi connectivity index (χ1n) is 6.22. The summed E-state index contributed by atoms with van der Waals surface area (Å²) in [6, 6.07) is 4.00. The first kappa shape index (κ1) is 15.0. The normalized spacial score (nSPS) is 12.4. The summed E-state index contributed by atoms with van der Waals surface area (Å²) in [5.74, 6) is -0.501. The number of hydrogen-bond acceptors (Lipinski definition) is 3. The Morgan fingerprint density at radius 3 is 2.70 bits per heavy atom. The van der Waals surface area contributed by atoms with Crippen molar-refractivity contribution in [2.45, 2.75) is 31.4 Å². The second-order valence-corrected chi connectivity index (χ2v) is 6.34. The van der Waals surface area contributed by atoms with E-state index in [2.05, 4.69) is 0 Å². The van der Waals surface area contributed by atoms with Crippen LogP contribution < -0.4 is 5.14 Å². The molecule has 2 aromatic rings. The van der Waals surface area contributed by atoms with Crippen molar-refractivity contribution in [3.63, 3.8) is 0 Å². The molecule has 0 saturated heterocycles. The van der Waals surface area contributed by atoms with Gasteiger partial charge in [-0.2, -0.15) is 0 Å². The van der Waals surface area contributed by atoms with Crippen LogP contribution in [0.5, 0.6) is 0 Å². The third-order valence-electron chi connectivity index (χ3n) is 2.90. The zero-order chi connectivity index (χ0) is 14.9. The third kappa shape index (κ3) is 3.17. The summed E-state index contributed by atoms with van der Waals surface area (Å²) < 4.78 is 43.6. The molecule has 0 saturated carbocycles. The van der Waals surface area contributed by atoms with Gasteiger partial charge in [0.1, 0.15) is 10.7 Å². The molecule has 0 unspecified atom stereocenters. The molecule has 0 bridgehead atoms. The van der Waals surface area contributed by atoms with Crippen molar-refractivity contribution in [1.29, 1.82) is 0 Å². The number of primary sulfonamides is 1. The van der Waals surface area contributed by atoms with Crippen LogP contribution >= 0.6 is 0 Å². The van der Waals surface area contributed by atoms with Crippen molar-refractivity contribution in [1.82, 2.24) is 4.57 Å². The predicted octanol–water partition coefficient (Wildman–Crippen LogP) is 1.85. The van der Waals surface area contributed by atoms with Gasteiger partial charge < -0.3 is 9.30 Å². The highest BCUT2D eigenvalue weighted by Crippen LogP contribution is 2.25. The van der Waals surface area contributed by atoms with Crippen molar-refractivity contribution < 1.29 is 17.5 Å². The smallest absolute Gasteiger partial charge is 0.240 e. The highest BCUT2D eigenvalue weighted by molar-refractivity contribution is 7.89. The highest BCUT2D eigenvalue weighted by atomic mass is 32.2. The van der Waals surface area contributed by atoms with Gasteiger partial charge in [-0.15, -0.1) is 0 Å². The summed E-state index contributed by atoms with van der Waals surface area (Å²) in [5.41, 5.74) is 0.614. The second kappa shape index (κ2) is 5.51. The Morgan fingerprint density at radius 2 is 2.10 bits per heavy atom. The molecule has 110 valence electrons. The molecule has 0 atom stereocenters. The maximum Gasteiger partial charge on any atom is 0.240 e. The second-order valence-electron chi connectivity index (χ2n) is 4.81. The molecule has 20 heavy (non-hydrogen) atoms. The summed E-state index contributed by atoms with van der Waals surface area (Å²) in [5, 5.41) is 5.46. The Labute approximate surface area is 117 Å². The van der Waals surface area contributed by atoms with E-state index >= 15 is 0 Å². The Bertz CT molecular complexity index is 723. The molecule has 0 aliphatic rings. The number of rotatable bonds is 5. The van der Waals surface area contributed by atoms with Crippen LogP contribution in [0.25, 0.3) is 10.9 Å². The summed E-state index contributed by atoms with van der Waals surface area (Å²) in [6.07, 6.45) is 1.51. The van der Waals surface area contributed by atoms with E-state index in [0.717, 1.165) is 0 Å². The average molecular weight is 300 g/mol. The minimum atomic E-state index is -3.90. The Kier molecular flexibility index (Phi) is 4.12. The van der Waals surface area contributed by atoms with E-state index in [9.17, 15) is 12.8 Å². The van der Waals surface area contributed by atoms with Crippen molar-refractivity contribution in [2.75, 3.05) is 6.61 Å². The SMILES string of the molecule is CC(C)OCCn1cc(S(N)(=O)=O)c2cc(F)ccc21. The molecule has 0 spiro atoms. The van der Waals surface area contributed by atoms with E-state index in [1.165, 1.54) is 24.4 Å². The Morgan fingerprint density at radius 1 is 1.40 bits per heavy atom. The number of nitrogens with zero attached hydrogens (tertiary/aromatic N) is 1. The van der Waals surface area contributed by atoms with Crippen molar-refractivity contribution in [3.8, 4) is 0 Å². The van der Waals surface area contributed by atoms with Crippen molar-refractivity contribution >= 4 is 20.9 Å². The monoisotopic (exact) mass is 300 g/mol. The van der Waals surface area contributed by atoms with Crippen LogP contribution in [-0.4, -0.2) is 25.7 Å². The molecular weight excluding hydrogens is 283 g/mol. The lowest BCUT2D eigenvalue weighted by Crippen LogP contribution is -2.12. The van der Waals surface area contributed by atoms with E-state index < -0.39 is 15.8 Å². The summed E-state index contributed by atoms with van der Waals surface area (Å²) in [4.78, 5) is -0.0726. The molecule has 2 rings (SSSR count). The summed E-state index contributed by atoms with van der Waals surface area (Å²) >= 11 is 0. The molecule has 0 aliphatic heterocycles. The zero-order valence-electron chi connectivity index (χ0n) is 11.3.